The van der Waals surface area contributed by atoms with Gasteiger partial charge in [0.2, 0.25) is 5.88 Å². The molecule has 0 aliphatic rings. The summed E-state index contributed by atoms with van der Waals surface area (Å²) in [5, 5.41) is 0. The summed E-state index contributed by atoms with van der Waals surface area (Å²) in [6.45, 7) is 6.89. The molecule has 1 heterocycles. The van der Waals surface area contributed by atoms with Crippen LogP contribution < -0.4 is 4.74 Å². The predicted octanol–water partition coefficient (Wildman–Crippen LogP) is 4.79. The number of aromatic nitrogens is 1. The second kappa shape index (κ2) is 8.24. The zero-order valence-electron chi connectivity index (χ0n) is 14.3. The maximum absolute atomic E-state index is 13.3. The number of aryl methyl sites for hydroxylation is 2. The van der Waals surface area contributed by atoms with Gasteiger partial charge in [-0.2, -0.15) is 0 Å². The van der Waals surface area contributed by atoms with E-state index in [0.717, 1.165) is 28.0 Å². The fourth-order valence-corrected chi connectivity index (χ4v) is 2.39. The van der Waals surface area contributed by atoms with Gasteiger partial charge in [0, 0.05) is 13.6 Å². The molecule has 0 unspecified atom stereocenters. The second-order valence-corrected chi connectivity index (χ2v) is 6.42. The highest BCUT2D eigenvalue weighted by Crippen LogP contribution is 2.30. The Balaban J connectivity index is 2.12. The van der Waals surface area contributed by atoms with E-state index in [-0.39, 0.29) is 5.82 Å². The van der Waals surface area contributed by atoms with Crippen molar-refractivity contribution in [3.63, 3.8) is 0 Å². The van der Waals surface area contributed by atoms with E-state index in [1.54, 1.807) is 25.4 Å². The van der Waals surface area contributed by atoms with E-state index in [9.17, 15) is 4.39 Å². The van der Waals surface area contributed by atoms with Crippen LogP contribution >= 0.6 is 15.9 Å². The van der Waals surface area contributed by atoms with Gasteiger partial charge in [-0.3, -0.25) is 0 Å². The van der Waals surface area contributed by atoms with Gasteiger partial charge in [-0.1, -0.05) is 6.07 Å². The number of benzene rings is 1. The van der Waals surface area contributed by atoms with Crippen molar-refractivity contribution in [1.82, 2.24) is 9.88 Å². The van der Waals surface area contributed by atoms with Crippen LogP contribution in [-0.4, -0.2) is 29.8 Å². The molecule has 0 aliphatic heterocycles. The van der Waals surface area contributed by atoms with E-state index in [0.29, 0.717) is 18.1 Å². The first kappa shape index (κ1) is 18.4. The van der Waals surface area contributed by atoms with Crippen molar-refractivity contribution in [3.05, 3.63) is 51.4 Å². The highest BCUT2D eigenvalue weighted by Gasteiger charge is 2.09. The maximum atomic E-state index is 13.3. The molecule has 0 saturated carbocycles. The van der Waals surface area contributed by atoms with Crippen molar-refractivity contribution in [2.24, 2.45) is 4.99 Å². The van der Waals surface area contributed by atoms with E-state index in [4.69, 9.17) is 4.74 Å². The molecular weight excluding hydrogens is 373 g/mol. The third-order valence-electron chi connectivity index (χ3n) is 3.60. The highest BCUT2D eigenvalue weighted by molar-refractivity contribution is 9.10. The van der Waals surface area contributed by atoms with Crippen LogP contribution in [0.5, 0.6) is 5.88 Å². The van der Waals surface area contributed by atoms with Crippen molar-refractivity contribution in [2.45, 2.75) is 27.4 Å². The summed E-state index contributed by atoms with van der Waals surface area (Å²) in [7, 11) is 1.96. The SMILES string of the molecule is CCN(C)C=Nc1cc(Br)c(OCc2ccc(F)c(C)c2)nc1C. The van der Waals surface area contributed by atoms with Gasteiger partial charge in [0.1, 0.15) is 12.4 Å². The molecule has 0 bridgehead atoms. The first-order chi connectivity index (χ1) is 11.4. The average molecular weight is 394 g/mol. The summed E-state index contributed by atoms with van der Waals surface area (Å²) < 4.78 is 19.8. The van der Waals surface area contributed by atoms with Crippen molar-refractivity contribution in [2.75, 3.05) is 13.6 Å². The Labute approximate surface area is 150 Å². The van der Waals surface area contributed by atoms with Crippen LogP contribution in [0.1, 0.15) is 23.7 Å². The molecular formula is C18H21BrFN3O. The second-order valence-electron chi connectivity index (χ2n) is 5.57. The number of rotatable bonds is 6. The largest absolute Gasteiger partial charge is 0.472 e. The first-order valence-electron chi connectivity index (χ1n) is 7.70. The molecule has 1 aromatic heterocycles. The summed E-state index contributed by atoms with van der Waals surface area (Å²) in [6.07, 6.45) is 1.78. The summed E-state index contributed by atoms with van der Waals surface area (Å²) in [6, 6.07) is 6.81. The predicted molar refractivity (Wildman–Crippen MR) is 98.6 cm³/mol. The number of ether oxygens (including phenoxy) is 1. The molecule has 0 aliphatic carbocycles. The molecule has 2 rings (SSSR count). The number of aliphatic imine (C=N–C) groups is 1. The highest BCUT2D eigenvalue weighted by atomic mass is 79.9. The van der Waals surface area contributed by atoms with Crippen molar-refractivity contribution in [1.29, 1.82) is 0 Å². The smallest absolute Gasteiger partial charge is 0.228 e. The lowest BCUT2D eigenvalue weighted by Crippen LogP contribution is -2.14. The number of halogens is 2. The van der Waals surface area contributed by atoms with Gasteiger partial charge in [-0.15, -0.1) is 0 Å². The van der Waals surface area contributed by atoms with Crippen molar-refractivity contribution in [3.8, 4) is 5.88 Å². The van der Waals surface area contributed by atoms with Gasteiger partial charge < -0.3 is 9.64 Å². The molecule has 4 nitrogen and oxygen atoms in total. The number of hydrogen-bond donors (Lipinski definition) is 0. The molecule has 6 heteroatoms. The summed E-state index contributed by atoms with van der Waals surface area (Å²) >= 11 is 3.47. The number of nitrogens with zero attached hydrogens (tertiary/aromatic N) is 3. The zero-order chi connectivity index (χ0) is 17.7. The summed E-state index contributed by atoms with van der Waals surface area (Å²) in [5.41, 5.74) is 3.06. The van der Waals surface area contributed by atoms with Gasteiger partial charge >= 0.3 is 0 Å². The minimum absolute atomic E-state index is 0.215. The van der Waals surface area contributed by atoms with Crippen molar-refractivity contribution >= 4 is 28.0 Å². The van der Waals surface area contributed by atoms with Gasteiger partial charge in [0.25, 0.3) is 0 Å². The lowest BCUT2D eigenvalue weighted by atomic mass is 10.1. The van der Waals surface area contributed by atoms with Gasteiger partial charge in [0.15, 0.2) is 0 Å². The molecule has 0 radical (unpaired) electrons. The topological polar surface area (TPSA) is 37.7 Å². The van der Waals surface area contributed by atoms with Gasteiger partial charge in [0.05, 0.1) is 22.2 Å². The van der Waals surface area contributed by atoms with Crippen LogP contribution in [0.25, 0.3) is 0 Å². The van der Waals surface area contributed by atoms with Gasteiger partial charge in [-0.05, 0) is 66.0 Å². The monoisotopic (exact) mass is 393 g/mol. The molecule has 1 aromatic carbocycles. The molecule has 0 saturated heterocycles. The number of hydrogen-bond acceptors (Lipinski definition) is 3. The molecule has 0 amide bonds. The van der Waals surface area contributed by atoms with Crippen LogP contribution in [0.4, 0.5) is 10.1 Å². The normalized spacial score (nSPS) is 11.1. The fraction of sp³-hybridized carbons (Fsp3) is 0.333. The molecule has 2 aromatic rings. The lowest BCUT2D eigenvalue weighted by Gasteiger charge is -2.11. The van der Waals surface area contributed by atoms with Crippen LogP contribution in [0.2, 0.25) is 0 Å². The van der Waals surface area contributed by atoms with E-state index >= 15 is 0 Å². The Kier molecular flexibility index (Phi) is 6.31. The Morgan fingerprint density at radius 3 is 2.75 bits per heavy atom. The molecule has 0 N–H and O–H groups in total. The minimum atomic E-state index is -0.215. The molecule has 0 spiro atoms. The quantitative estimate of drug-likeness (QED) is 0.522. The summed E-state index contributed by atoms with van der Waals surface area (Å²) in [5.74, 6) is 0.283. The zero-order valence-corrected chi connectivity index (χ0v) is 15.9. The minimum Gasteiger partial charge on any atom is -0.472 e. The van der Waals surface area contributed by atoms with Crippen LogP contribution in [0, 0.1) is 19.7 Å². The molecule has 0 fully saturated rings. The Morgan fingerprint density at radius 2 is 2.08 bits per heavy atom. The van der Waals surface area contributed by atoms with Crippen LogP contribution in [-0.2, 0) is 6.61 Å². The maximum Gasteiger partial charge on any atom is 0.228 e. The standard InChI is InChI=1S/C18H21BrFN3O/c1-5-23(4)11-21-17-9-15(19)18(22-13(17)3)24-10-14-6-7-16(20)12(2)8-14/h6-9,11H,5,10H2,1-4H3. The Morgan fingerprint density at radius 1 is 1.33 bits per heavy atom. The van der Waals surface area contributed by atoms with E-state index in [2.05, 4.69) is 32.8 Å². The van der Waals surface area contributed by atoms with Crippen molar-refractivity contribution < 1.29 is 9.13 Å². The summed E-state index contributed by atoms with van der Waals surface area (Å²) in [4.78, 5) is 10.9. The Bertz CT molecular complexity index is 749. The van der Waals surface area contributed by atoms with E-state index < -0.39 is 0 Å². The molecule has 128 valence electrons. The Hall–Kier alpha value is -1.95. The van der Waals surface area contributed by atoms with E-state index in [1.807, 2.05) is 24.9 Å². The van der Waals surface area contributed by atoms with Crippen LogP contribution in [0.3, 0.4) is 0 Å². The van der Waals surface area contributed by atoms with Crippen LogP contribution in [0.15, 0.2) is 33.7 Å². The fourth-order valence-electron chi connectivity index (χ4n) is 1.97. The lowest BCUT2D eigenvalue weighted by molar-refractivity contribution is 0.291. The molecule has 0 atom stereocenters. The molecule has 24 heavy (non-hydrogen) atoms. The van der Waals surface area contributed by atoms with E-state index in [1.165, 1.54) is 6.07 Å². The third-order valence-corrected chi connectivity index (χ3v) is 4.17. The average Bonchev–Trinajstić information content (AvgIpc) is 2.56. The third kappa shape index (κ3) is 4.77. The number of pyridine rings is 1. The first-order valence-corrected chi connectivity index (χ1v) is 8.49. The van der Waals surface area contributed by atoms with Gasteiger partial charge in [-0.25, -0.2) is 14.4 Å².